The van der Waals surface area contributed by atoms with E-state index in [0.717, 1.165) is 23.5 Å². The van der Waals surface area contributed by atoms with Crippen molar-refractivity contribution in [3.8, 4) is 0 Å². The van der Waals surface area contributed by atoms with Gasteiger partial charge in [-0.1, -0.05) is 42.8 Å². The van der Waals surface area contributed by atoms with Crippen LogP contribution in [0.5, 0.6) is 0 Å². The van der Waals surface area contributed by atoms with Crippen molar-refractivity contribution in [3.05, 3.63) is 82.9 Å². The van der Waals surface area contributed by atoms with Gasteiger partial charge in [-0.3, -0.25) is 0 Å². The van der Waals surface area contributed by atoms with Gasteiger partial charge in [0, 0.05) is 30.2 Å². The van der Waals surface area contributed by atoms with Crippen molar-refractivity contribution in [2.45, 2.75) is 19.4 Å². The van der Waals surface area contributed by atoms with Crippen molar-refractivity contribution >= 4 is 34.6 Å². The highest BCUT2D eigenvalue weighted by Crippen LogP contribution is 2.22. The Hall–Kier alpha value is -2.37. The molecule has 3 aromatic rings. The van der Waals surface area contributed by atoms with Crippen molar-refractivity contribution in [1.82, 2.24) is 14.9 Å². The number of rotatable bonds is 5. The SMILES string of the molecule is CCc1ccc(NC(=S)N[C@H](c2ccc(Cl)cc2)c2nccn2C)cc1. The highest BCUT2D eigenvalue weighted by molar-refractivity contribution is 7.80. The summed E-state index contributed by atoms with van der Waals surface area (Å²) in [7, 11) is 1.97. The number of nitrogens with one attached hydrogen (secondary N) is 2. The molecule has 0 aliphatic carbocycles. The summed E-state index contributed by atoms with van der Waals surface area (Å²) >= 11 is 11.6. The zero-order valence-corrected chi connectivity index (χ0v) is 16.3. The molecule has 134 valence electrons. The van der Waals surface area contributed by atoms with Crippen LogP contribution in [0.1, 0.15) is 29.9 Å². The van der Waals surface area contributed by atoms with E-state index in [0.29, 0.717) is 10.1 Å². The number of thiocarbonyl (C=S) groups is 1. The summed E-state index contributed by atoms with van der Waals surface area (Å²) in [6.45, 7) is 2.14. The Morgan fingerprint density at radius 1 is 1.15 bits per heavy atom. The Balaban J connectivity index is 1.79. The molecule has 0 saturated carbocycles. The Morgan fingerprint density at radius 2 is 1.85 bits per heavy atom. The lowest BCUT2D eigenvalue weighted by atomic mass is 10.1. The van der Waals surface area contributed by atoms with Crippen LogP contribution in [0.4, 0.5) is 5.69 Å². The van der Waals surface area contributed by atoms with Crippen LogP contribution >= 0.6 is 23.8 Å². The van der Waals surface area contributed by atoms with Crippen LogP contribution in [0.25, 0.3) is 0 Å². The topological polar surface area (TPSA) is 41.9 Å². The number of aryl methyl sites for hydroxylation is 2. The molecule has 0 unspecified atom stereocenters. The van der Waals surface area contributed by atoms with E-state index in [1.54, 1.807) is 6.20 Å². The van der Waals surface area contributed by atoms with E-state index in [1.165, 1.54) is 5.56 Å². The molecular weight excluding hydrogens is 364 g/mol. The van der Waals surface area contributed by atoms with Crippen molar-refractivity contribution in [2.75, 3.05) is 5.32 Å². The van der Waals surface area contributed by atoms with Gasteiger partial charge in [0.25, 0.3) is 0 Å². The maximum absolute atomic E-state index is 6.03. The van der Waals surface area contributed by atoms with Crippen molar-refractivity contribution < 1.29 is 0 Å². The number of aromatic nitrogens is 2. The molecule has 26 heavy (non-hydrogen) atoms. The molecule has 0 saturated heterocycles. The van der Waals surface area contributed by atoms with Crippen LogP contribution in [0, 0.1) is 0 Å². The number of halogens is 1. The fourth-order valence-electron chi connectivity index (χ4n) is 2.73. The molecule has 2 N–H and O–H groups in total. The summed E-state index contributed by atoms with van der Waals surface area (Å²) in [6, 6.07) is 15.8. The number of hydrogen-bond acceptors (Lipinski definition) is 2. The Morgan fingerprint density at radius 3 is 2.42 bits per heavy atom. The van der Waals surface area contributed by atoms with Crippen LogP contribution < -0.4 is 10.6 Å². The van der Waals surface area contributed by atoms with Gasteiger partial charge in [0.05, 0.1) is 0 Å². The molecule has 0 amide bonds. The first-order valence-electron chi connectivity index (χ1n) is 8.46. The molecule has 0 fully saturated rings. The van der Waals surface area contributed by atoms with Crippen molar-refractivity contribution in [3.63, 3.8) is 0 Å². The second-order valence-electron chi connectivity index (χ2n) is 6.03. The van der Waals surface area contributed by atoms with Gasteiger partial charge in [-0.05, 0) is 54.0 Å². The van der Waals surface area contributed by atoms with E-state index in [9.17, 15) is 0 Å². The third kappa shape index (κ3) is 4.42. The lowest BCUT2D eigenvalue weighted by Gasteiger charge is -2.21. The minimum atomic E-state index is -0.179. The van der Waals surface area contributed by atoms with Crippen LogP contribution in [0.2, 0.25) is 5.02 Å². The second-order valence-corrected chi connectivity index (χ2v) is 6.87. The molecule has 0 aliphatic rings. The van der Waals surface area contributed by atoms with E-state index in [-0.39, 0.29) is 6.04 Å². The minimum absolute atomic E-state index is 0.179. The Labute approximate surface area is 164 Å². The molecule has 4 nitrogen and oxygen atoms in total. The van der Waals surface area contributed by atoms with E-state index in [4.69, 9.17) is 23.8 Å². The summed E-state index contributed by atoms with van der Waals surface area (Å²) < 4.78 is 1.98. The third-order valence-corrected chi connectivity index (χ3v) is 4.69. The van der Waals surface area contributed by atoms with Crippen LogP contribution in [-0.2, 0) is 13.5 Å². The van der Waals surface area contributed by atoms with Gasteiger partial charge in [0.15, 0.2) is 5.11 Å². The zero-order chi connectivity index (χ0) is 18.5. The van der Waals surface area contributed by atoms with Crippen LogP contribution in [0.3, 0.4) is 0 Å². The molecule has 0 aliphatic heterocycles. The molecule has 1 heterocycles. The zero-order valence-electron chi connectivity index (χ0n) is 14.7. The quantitative estimate of drug-likeness (QED) is 0.625. The first kappa shape index (κ1) is 18.4. The molecular formula is C20H21ClN4S. The van der Waals surface area contributed by atoms with Gasteiger partial charge < -0.3 is 15.2 Å². The first-order valence-corrected chi connectivity index (χ1v) is 9.24. The lowest BCUT2D eigenvalue weighted by molar-refractivity contribution is 0.664. The summed E-state index contributed by atoms with van der Waals surface area (Å²) in [4.78, 5) is 4.48. The second kappa shape index (κ2) is 8.34. The maximum atomic E-state index is 6.03. The molecule has 1 atom stereocenters. The number of anilines is 1. The van der Waals surface area contributed by atoms with E-state index < -0.39 is 0 Å². The summed E-state index contributed by atoms with van der Waals surface area (Å²) in [5.74, 6) is 0.873. The van der Waals surface area contributed by atoms with E-state index in [1.807, 2.05) is 54.2 Å². The van der Waals surface area contributed by atoms with Crippen LogP contribution in [0.15, 0.2) is 60.9 Å². The number of nitrogens with zero attached hydrogens (tertiary/aromatic N) is 2. The third-order valence-electron chi connectivity index (χ3n) is 4.22. The lowest BCUT2D eigenvalue weighted by Crippen LogP contribution is -2.34. The summed E-state index contributed by atoms with van der Waals surface area (Å²) in [5.41, 5.74) is 3.28. The highest BCUT2D eigenvalue weighted by atomic mass is 35.5. The summed E-state index contributed by atoms with van der Waals surface area (Å²) in [5, 5.41) is 7.85. The van der Waals surface area contributed by atoms with Crippen molar-refractivity contribution in [1.29, 1.82) is 0 Å². The van der Waals surface area contributed by atoms with Gasteiger partial charge in [-0.15, -0.1) is 0 Å². The first-order chi connectivity index (χ1) is 12.6. The number of hydrogen-bond donors (Lipinski definition) is 2. The molecule has 1 aromatic heterocycles. The van der Waals surface area contributed by atoms with Gasteiger partial charge in [-0.25, -0.2) is 4.98 Å². The average molecular weight is 385 g/mol. The molecule has 6 heteroatoms. The van der Waals surface area contributed by atoms with Crippen molar-refractivity contribution in [2.24, 2.45) is 7.05 Å². The normalized spacial score (nSPS) is 11.8. The van der Waals surface area contributed by atoms with Gasteiger partial charge in [0.1, 0.15) is 11.9 Å². The Bertz CT molecular complexity index is 872. The van der Waals surface area contributed by atoms with Crippen LogP contribution in [-0.4, -0.2) is 14.7 Å². The predicted octanol–water partition coefficient (Wildman–Crippen LogP) is 4.71. The van der Waals surface area contributed by atoms with Gasteiger partial charge in [0.2, 0.25) is 0 Å². The number of benzene rings is 2. The molecule has 0 bridgehead atoms. The van der Waals surface area contributed by atoms with E-state index >= 15 is 0 Å². The Kier molecular flexibility index (Phi) is 5.91. The highest BCUT2D eigenvalue weighted by Gasteiger charge is 2.19. The molecule has 0 radical (unpaired) electrons. The predicted molar refractivity (Wildman–Crippen MR) is 112 cm³/mol. The minimum Gasteiger partial charge on any atom is -0.348 e. The smallest absolute Gasteiger partial charge is 0.171 e. The average Bonchev–Trinajstić information content (AvgIpc) is 3.07. The largest absolute Gasteiger partial charge is 0.348 e. The van der Waals surface area contributed by atoms with Gasteiger partial charge in [-0.2, -0.15) is 0 Å². The molecule has 2 aromatic carbocycles. The molecule has 0 spiro atoms. The monoisotopic (exact) mass is 384 g/mol. The fourth-order valence-corrected chi connectivity index (χ4v) is 3.09. The fraction of sp³-hybridized carbons (Fsp3) is 0.200. The maximum Gasteiger partial charge on any atom is 0.171 e. The molecule has 3 rings (SSSR count). The van der Waals surface area contributed by atoms with E-state index in [2.05, 4.69) is 34.7 Å². The van der Waals surface area contributed by atoms with Gasteiger partial charge >= 0.3 is 0 Å². The number of imidazole rings is 1. The summed E-state index contributed by atoms with van der Waals surface area (Å²) in [6.07, 6.45) is 4.71. The standard InChI is InChI=1S/C20H21ClN4S/c1-3-14-4-10-17(11-5-14)23-20(26)24-18(19-22-12-13-25(19)2)15-6-8-16(21)9-7-15/h4-13,18H,3H2,1-2H3,(H2,23,24,26)/t18-/m1/s1.